The second-order valence-corrected chi connectivity index (χ2v) is 8.20. The van der Waals surface area contributed by atoms with Gasteiger partial charge in [-0.3, -0.25) is 4.99 Å². The minimum absolute atomic E-state index is 0. The summed E-state index contributed by atoms with van der Waals surface area (Å²) in [5.41, 5.74) is 2.24. The van der Waals surface area contributed by atoms with Gasteiger partial charge in [0.1, 0.15) is 11.9 Å². The largest absolute Gasteiger partial charge is 0.495 e. The van der Waals surface area contributed by atoms with Crippen LogP contribution in [0, 0.1) is 0 Å². The van der Waals surface area contributed by atoms with Gasteiger partial charge in [0.05, 0.1) is 12.8 Å². The molecule has 0 radical (unpaired) electrons. The van der Waals surface area contributed by atoms with Crippen molar-refractivity contribution in [3.8, 4) is 11.6 Å². The number of hydrogen-bond donors (Lipinski definition) is 2. The van der Waals surface area contributed by atoms with E-state index in [1.807, 2.05) is 24.4 Å². The van der Waals surface area contributed by atoms with Gasteiger partial charge < -0.3 is 25.0 Å². The Kier molecular flexibility index (Phi) is 9.25. The smallest absolute Gasteiger partial charge is 0.213 e. The van der Waals surface area contributed by atoms with Crippen LogP contribution in [0.5, 0.6) is 11.6 Å². The van der Waals surface area contributed by atoms with Crippen LogP contribution in [0.2, 0.25) is 0 Å². The first kappa shape index (κ1) is 24.4. The second kappa shape index (κ2) is 12.1. The molecule has 7 nitrogen and oxygen atoms in total. The van der Waals surface area contributed by atoms with E-state index in [1.165, 1.54) is 12.8 Å². The Hall–Kier alpha value is -2.23. The van der Waals surface area contributed by atoms with E-state index in [0.29, 0.717) is 18.7 Å². The highest BCUT2D eigenvalue weighted by atomic mass is 127. The highest BCUT2D eigenvalue weighted by molar-refractivity contribution is 14.0. The van der Waals surface area contributed by atoms with E-state index in [9.17, 15) is 0 Å². The Labute approximate surface area is 208 Å². The molecule has 2 fully saturated rings. The number of aliphatic imine (C=N–C) groups is 1. The number of halogens is 1. The molecule has 2 aliphatic rings. The van der Waals surface area contributed by atoms with Gasteiger partial charge in [0.15, 0.2) is 5.96 Å². The average Bonchev–Trinajstić information content (AvgIpc) is 3.50. The molecule has 0 spiro atoms. The van der Waals surface area contributed by atoms with Crippen LogP contribution in [-0.4, -0.2) is 50.3 Å². The maximum Gasteiger partial charge on any atom is 0.213 e. The first-order chi connectivity index (χ1) is 15.2. The topological polar surface area (TPSA) is 71.0 Å². The minimum atomic E-state index is 0. The maximum atomic E-state index is 5.95. The predicted molar refractivity (Wildman–Crippen MR) is 139 cm³/mol. The summed E-state index contributed by atoms with van der Waals surface area (Å²) in [6.07, 6.45) is 8.07. The zero-order valence-electron chi connectivity index (χ0n) is 18.9. The van der Waals surface area contributed by atoms with Crippen LogP contribution in [0.3, 0.4) is 0 Å². The molecule has 1 atom stereocenters. The number of methoxy groups -OCH3 is 1. The number of guanidine groups is 1. The third kappa shape index (κ3) is 6.40. The first-order valence-corrected chi connectivity index (χ1v) is 11.2. The van der Waals surface area contributed by atoms with Gasteiger partial charge in [-0.2, -0.15) is 0 Å². The monoisotopic (exact) mass is 551 g/mol. The fraction of sp³-hybridized carbons (Fsp3) is 0.500. The Bertz CT molecular complexity index is 871. The molecule has 174 valence electrons. The van der Waals surface area contributed by atoms with Gasteiger partial charge in [0, 0.05) is 45.0 Å². The lowest BCUT2D eigenvalue weighted by Gasteiger charge is -2.22. The number of ether oxygens (including phenoxy) is 2. The van der Waals surface area contributed by atoms with E-state index in [4.69, 9.17) is 9.47 Å². The fourth-order valence-corrected chi connectivity index (χ4v) is 4.32. The summed E-state index contributed by atoms with van der Waals surface area (Å²) in [5, 5.41) is 6.94. The second-order valence-electron chi connectivity index (χ2n) is 8.20. The lowest BCUT2D eigenvalue weighted by molar-refractivity contribution is 0.201. The van der Waals surface area contributed by atoms with E-state index in [-0.39, 0.29) is 24.0 Å². The maximum absolute atomic E-state index is 5.95. The van der Waals surface area contributed by atoms with Gasteiger partial charge >= 0.3 is 0 Å². The van der Waals surface area contributed by atoms with Crippen molar-refractivity contribution in [2.45, 2.75) is 50.8 Å². The molecular formula is C24H34IN5O2. The molecule has 1 saturated heterocycles. The molecule has 4 rings (SSSR count). The molecule has 1 unspecified atom stereocenters. The third-order valence-electron chi connectivity index (χ3n) is 6.03. The van der Waals surface area contributed by atoms with Crippen molar-refractivity contribution in [2.75, 3.05) is 32.1 Å². The lowest BCUT2D eigenvalue weighted by Crippen LogP contribution is -2.44. The van der Waals surface area contributed by atoms with Gasteiger partial charge in [-0.25, -0.2) is 4.98 Å². The number of rotatable bonds is 7. The van der Waals surface area contributed by atoms with Crippen LogP contribution < -0.4 is 25.0 Å². The van der Waals surface area contributed by atoms with Gasteiger partial charge in [-0.15, -0.1) is 24.0 Å². The molecule has 0 amide bonds. The number of nitrogens with one attached hydrogen (secondary N) is 2. The summed E-state index contributed by atoms with van der Waals surface area (Å²) in [6, 6.07) is 12.5. The Morgan fingerprint density at radius 3 is 2.69 bits per heavy atom. The molecular weight excluding hydrogens is 517 g/mol. The van der Waals surface area contributed by atoms with E-state index in [1.54, 1.807) is 14.2 Å². The van der Waals surface area contributed by atoms with Gasteiger partial charge in [-0.05, 0) is 49.8 Å². The molecule has 2 aromatic rings. The summed E-state index contributed by atoms with van der Waals surface area (Å²) in [7, 11) is 3.53. The number of aromatic nitrogens is 1. The Morgan fingerprint density at radius 1 is 1.16 bits per heavy atom. The highest BCUT2D eigenvalue weighted by Crippen LogP contribution is 2.30. The van der Waals surface area contributed by atoms with E-state index in [0.717, 1.165) is 61.2 Å². The van der Waals surface area contributed by atoms with Crippen molar-refractivity contribution in [3.05, 3.63) is 48.2 Å². The number of nitrogens with zero attached hydrogens (tertiary/aromatic N) is 3. The van der Waals surface area contributed by atoms with Crippen LogP contribution in [-0.2, 0) is 6.54 Å². The number of pyridine rings is 1. The fourth-order valence-electron chi connectivity index (χ4n) is 4.32. The Balaban J connectivity index is 0.00000289. The van der Waals surface area contributed by atoms with Gasteiger partial charge in [-0.1, -0.05) is 18.2 Å². The van der Waals surface area contributed by atoms with Crippen molar-refractivity contribution in [2.24, 2.45) is 4.99 Å². The summed E-state index contributed by atoms with van der Waals surface area (Å²) < 4.78 is 11.5. The average molecular weight is 551 g/mol. The first-order valence-electron chi connectivity index (χ1n) is 11.2. The Morgan fingerprint density at radius 2 is 1.97 bits per heavy atom. The molecule has 1 aromatic carbocycles. The number of anilines is 1. The van der Waals surface area contributed by atoms with Crippen molar-refractivity contribution in [1.82, 2.24) is 15.6 Å². The van der Waals surface area contributed by atoms with Crippen LogP contribution in [0.25, 0.3) is 0 Å². The van der Waals surface area contributed by atoms with Crippen LogP contribution in [0.4, 0.5) is 5.69 Å². The van der Waals surface area contributed by atoms with Crippen LogP contribution in [0.15, 0.2) is 47.6 Å². The van der Waals surface area contributed by atoms with Crippen molar-refractivity contribution >= 4 is 35.6 Å². The predicted octanol–water partition coefficient (Wildman–Crippen LogP) is 3.97. The molecule has 8 heteroatoms. The van der Waals surface area contributed by atoms with Gasteiger partial charge in [0.25, 0.3) is 0 Å². The molecule has 2 heterocycles. The minimum Gasteiger partial charge on any atom is -0.495 e. The summed E-state index contributed by atoms with van der Waals surface area (Å²) >= 11 is 0. The molecule has 0 bridgehead atoms. The molecule has 1 saturated carbocycles. The van der Waals surface area contributed by atoms with E-state index >= 15 is 0 Å². The molecule has 2 N–H and O–H groups in total. The SMILES string of the molecule is CN=C(NCc1ccc(OC2CCCC2)nc1)NC1CCN(c2ccccc2OC)C1.I. The third-order valence-corrected chi connectivity index (χ3v) is 6.03. The van der Waals surface area contributed by atoms with Crippen molar-refractivity contribution in [1.29, 1.82) is 0 Å². The standard InChI is InChI=1S/C24H33N5O2.HI/c1-25-24(27-16-18-11-12-23(26-15-18)31-20-7-3-4-8-20)28-19-13-14-29(17-19)21-9-5-6-10-22(21)30-2;/h5-6,9-12,15,19-20H,3-4,7-8,13-14,16-17H2,1-2H3,(H2,25,27,28);1H. The molecule has 1 aromatic heterocycles. The zero-order chi connectivity index (χ0) is 21.5. The van der Waals surface area contributed by atoms with Crippen molar-refractivity contribution < 1.29 is 9.47 Å². The number of para-hydroxylation sites is 2. The molecule has 1 aliphatic heterocycles. The summed E-state index contributed by atoms with van der Waals surface area (Å²) in [4.78, 5) is 11.2. The molecule has 32 heavy (non-hydrogen) atoms. The normalized spacial score (nSPS) is 18.9. The van der Waals surface area contributed by atoms with Crippen LogP contribution >= 0.6 is 24.0 Å². The lowest BCUT2D eigenvalue weighted by atomic mass is 10.2. The quantitative estimate of drug-likeness (QED) is 0.309. The molecule has 1 aliphatic carbocycles. The van der Waals surface area contributed by atoms with Gasteiger partial charge in [0.2, 0.25) is 5.88 Å². The zero-order valence-corrected chi connectivity index (χ0v) is 21.2. The summed E-state index contributed by atoms with van der Waals surface area (Å²) in [6.45, 7) is 2.57. The van der Waals surface area contributed by atoms with E-state index in [2.05, 4.69) is 43.7 Å². The summed E-state index contributed by atoms with van der Waals surface area (Å²) in [5.74, 6) is 2.44. The van der Waals surface area contributed by atoms with Crippen molar-refractivity contribution in [3.63, 3.8) is 0 Å². The van der Waals surface area contributed by atoms with E-state index < -0.39 is 0 Å². The number of hydrogen-bond acceptors (Lipinski definition) is 5. The van der Waals surface area contributed by atoms with Crippen LogP contribution in [0.1, 0.15) is 37.7 Å². The number of benzene rings is 1. The highest BCUT2D eigenvalue weighted by Gasteiger charge is 2.25.